The van der Waals surface area contributed by atoms with Crippen LogP contribution in [0.2, 0.25) is 0 Å². The molecule has 1 atom stereocenters. The Morgan fingerprint density at radius 1 is 0.971 bits per heavy atom. The summed E-state index contributed by atoms with van der Waals surface area (Å²) >= 11 is 1.80. The molecule has 178 valence electrons. The topological polar surface area (TPSA) is 66.3 Å². The third kappa shape index (κ3) is 4.51. The molecule has 0 spiro atoms. The largest absolute Gasteiger partial charge is 0.369 e. The summed E-state index contributed by atoms with van der Waals surface area (Å²) in [7, 11) is 2.17. The van der Waals surface area contributed by atoms with Crippen molar-refractivity contribution in [2.75, 3.05) is 49.2 Å². The molecule has 0 amide bonds. The molecule has 6 rings (SSSR count). The number of nitrogens with one attached hydrogen (secondary N) is 1. The van der Waals surface area contributed by atoms with E-state index < -0.39 is 0 Å². The van der Waals surface area contributed by atoms with E-state index in [-0.39, 0.29) is 11.6 Å². The van der Waals surface area contributed by atoms with Crippen molar-refractivity contribution in [2.24, 2.45) is 0 Å². The second-order valence-corrected chi connectivity index (χ2v) is 10.3. The number of piperazine rings is 1. The Kier molecular flexibility index (Phi) is 5.91. The first-order valence-corrected chi connectivity index (χ1v) is 13.0. The van der Waals surface area contributed by atoms with Crippen LogP contribution in [0.1, 0.15) is 11.6 Å². The van der Waals surface area contributed by atoms with E-state index in [2.05, 4.69) is 75.7 Å². The molecule has 4 heterocycles. The van der Waals surface area contributed by atoms with Crippen LogP contribution in [-0.4, -0.2) is 58.4 Å². The molecule has 1 saturated heterocycles. The van der Waals surface area contributed by atoms with Gasteiger partial charge in [-0.25, -0.2) is 4.98 Å². The van der Waals surface area contributed by atoms with Crippen LogP contribution >= 0.6 is 11.8 Å². The maximum atomic E-state index is 13.0. The van der Waals surface area contributed by atoms with Crippen LogP contribution in [0.25, 0.3) is 11.0 Å². The fourth-order valence-corrected chi connectivity index (χ4v) is 6.03. The van der Waals surface area contributed by atoms with Gasteiger partial charge in [-0.15, -0.1) is 11.8 Å². The molecule has 0 aliphatic carbocycles. The lowest BCUT2D eigenvalue weighted by Crippen LogP contribution is -2.44. The van der Waals surface area contributed by atoms with Gasteiger partial charge in [-0.2, -0.15) is 4.98 Å². The van der Waals surface area contributed by atoms with E-state index in [0.717, 1.165) is 49.4 Å². The Hall–Kier alpha value is -3.36. The summed E-state index contributed by atoms with van der Waals surface area (Å²) in [6.07, 6.45) is 2.62. The summed E-state index contributed by atoms with van der Waals surface area (Å²) in [6, 6.07) is 20.3. The number of aromatic nitrogens is 3. The molecular weight excluding hydrogens is 456 g/mol. The van der Waals surface area contributed by atoms with Gasteiger partial charge in [0, 0.05) is 65.9 Å². The first-order chi connectivity index (χ1) is 17.1. The van der Waals surface area contributed by atoms with Gasteiger partial charge in [-0.05, 0) is 55.4 Å². The quantitative estimate of drug-likeness (QED) is 0.466. The molecule has 0 saturated carbocycles. The Labute approximate surface area is 208 Å². The van der Waals surface area contributed by atoms with Crippen LogP contribution in [0.4, 0.5) is 17.3 Å². The SMILES string of the molecule is CN1CCN(c2ccc(Nc3ncc4ccc(=O)n(C5CSc6ccccc6C5)c4n3)cc2)CC1. The van der Waals surface area contributed by atoms with Gasteiger partial charge in [0.25, 0.3) is 5.56 Å². The summed E-state index contributed by atoms with van der Waals surface area (Å²) < 4.78 is 1.85. The van der Waals surface area contributed by atoms with E-state index in [9.17, 15) is 4.79 Å². The van der Waals surface area contributed by atoms with Crippen LogP contribution in [0.3, 0.4) is 0 Å². The lowest BCUT2D eigenvalue weighted by Gasteiger charge is -2.34. The fraction of sp³-hybridized carbons (Fsp3) is 0.296. The van der Waals surface area contributed by atoms with Crippen LogP contribution < -0.4 is 15.8 Å². The van der Waals surface area contributed by atoms with E-state index >= 15 is 0 Å². The second kappa shape index (κ2) is 9.36. The highest BCUT2D eigenvalue weighted by Gasteiger charge is 2.23. The van der Waals surface area contributed by atoms with Crippen molar-refractivity contribution in [3.8, 4) is 0 Å². The minimum Gasteiger partial charge on any atom is -0.369 e. The zero-order valence-corrected chi connectivity index (χ0v) is 20.5. The summed E-state index contributed by atoms with van der Waals surface area (Å²) in [5.74, 6) is 1.34. The molecule has 2 aromatic heterocycles. The van der Waals surface area contributed by atoms with E-state index in [1.807, 2.05) is 10.6 Å². The van der Waals surface area contributed by atoms with Crippen molar-refractivity contribution in [3.05, 3.63) is 82.8 Å². The van der Waals surface area contributed by atoms with Crippen molar-refractivity contribution in [2.45, 2.75) is 17.4 Å². The van der Waals surface area contributed by atoms with Crippen LogP contribution in [0, 0.1) is 0 Å². The number of rotatable bonds is 4. The molecule has 4 aromatic rings. The number of anilines is 3. The maximum Gasteiger partial charge on any atom is 0.252 e. The number of hydrogen-bond acceptors (Lipinski definition) is 7. The Balaban J connectivity index is 1.26. The zero-order chi connectivity index (χ0) is 23.8. The van der Waals surface area contributed by atoms with Crippen LogP contribution in [-0.2, 0) is 6.42 Å². The monoisotopic (exact) mass is 484 g/mol. The van der Waals surface area contributed by atoms with Crippen LogP contribution in [0.15, 0.2) is 76.6 Å². The number of pyridine rings is 1. The predicted molar refractivity (Wildman–Crippen MR) is 143 cm³/mol. The van der Waals surface area contributed by atoms with E-state index in [1.165, 1.54) is 16.1 Å². The Morgan fingerprint density at radius 2 is 1.77 bits per heavy atom. The number of nitrogens with zero attached hydrogens (tertiary/aromatic N) is 5. The van der Waals surface area contributed by atoms with Gasteiger partial charge in [0.1, 0.15) is 5.65 Å². The van der Waals surface area contributed by atoms with Crippen molar-refractivity contribution >= 4 is 40.1 Å². The van der Waals surface area contributed by atoms with Gasteiger partial charge < -0.3 is 15.1 Å². The van der Waals surface area contributed by atoms with Gasteiger partial charge in [0.15, 0.2) is 0 Å². The molecule has 35 heavy (non-hydrogen) atoms. The van der Waals surface area contributed by atoms with E-state index in [4.69, 9.17) is 4.98 Å². The van der Waals surface area contributed by atoms with E-state index in [0.29, 0.717) is 11.6 Å². The number of thioether (sulfide) groups is 1. The molecular formula is C27H28N6OS. The average Bonchev–Trinajstić information content (AvgIpc) is 2.89. The van der Waals surface area contributed by atoms with Crippen molar-refractivity contribution < 1.29 is 0 Å². The summed E-state index contributed by atoms with van der Waals surface area (Å²) in [6.45, 7) is 4.24. The molecule has 1 fully saturated rings. The first kappa shape index (κ1) is 22.1. The normalized spacial score (nSPS) is 18.4. The van der Waals surface area contributed by atoms with Gasteiger partial charge in [-0.1, -0.05) is 18.2 Å². The number of fused-ring (bicyclic) bond motifs is 2. The Morgan fingerprint density at radius 3 is 2.60 bits per heavy atom. The van der Waals surface area contributed by atoms with Crippen molar-refractivity contribution in [3.63, 3.8) is 0 Å². The van der Waals surface area contributed by atoms with Crippen molar-refractivity contribution in [1.82, 2.24) is 19.4 Å². The molecule has 1 N–H and O–H groups in total. The minimum atomic E-state index is -0.0244. The van der Waals surface area contributed by atoms with Gasteiger partial charge in [0.2, 0.25) is 5.95 Å². The third-order valence-corrected chi connectivity index (χ3v) is 8.14. The molecule has 0 radical (unpaired) electrons. The van der Waals surface area contributed by atoms with Gasteiger partial charge in [-0.3, -0.25) is 9.36 Å². The Bertz CT molecular complexity index is 1410. The maximum absolute atomic E-state index is 13.0. The van der Waals surface area contributed by atoms with Crippen LogP contribution in [0.5, 0.6) is 0 Å². The number of benzene rings is 2. The van der Waals surface area contributed by atoms with Gasteiger partial charge in [0.05, 0.1) is 6.04 Å². The first-order valence-electron chi connectivity index (χ1n) is 12.0. The smallest absolute Gasteiger partial charge is 0.252 e. The molecule has 1 unspecified atom stereocenters. The molecule has 2 aliphatic rings. The molecule has 0 bridgehead atoms. The highest BCUT2D eigenvalue weighted by Crippen LogP contribution is 2.35. The summed E-state index contributed by atoms with van der Waals surface area (Å²) in [4.78, 5) is 28.4. The molecule has 7 nitrogen and oxygen atoms in total. The number of likely N-dealkylation sites (N-methyl/N-ethyl adjacent to an activating group) is 1. The third-order valence-electron chi connectivity index (χ3n) is 6.88. The molecule has 2 aromatic carbocycles. The number of hydrogen-bond donors (Lipinski definition) is 1. The zero-order valence-electron chi connectivity index (χ0n) is 19.7. The lowest BCUT2D eigenvalue weighted by atomic mass is 10.1. The van der Waals surface area contributed by atoms with E-state index in [1.54, 1.807) is 24.0 Å². The molecule has 2 aliphatic heterocycles. The second-order valence-electron chi connectivity index (χ2n) is 9.25. The van der Waals surface area contributed by atoms with Gasteiger partial charge >= 0.3 is 0 Å². The van der Waals surface area contributed by atoms with Crippen molar-refractivity contribution in [1.29, 1.82) is 0 Å². The summed E-state index contributed by atoms with van der Waals surface area (Å²) in [5, 5.41) is 4.19. The highest BCUT2D eigenvalue weighted by molar-refractivity contribution is 7.99. The summed E-state index contributed by atoms with van der Waals surface area (Å²) in [5.41, 5.74) is 4.09. The fourth-order valence-electron chi connectivity index (χ4n) is 4.88. The minimum absolute atomic E-state index is 0.0244. The molecule has 8 heteroatoms. The standard InChI is InChI=1S/C27H28N6OS/c1-31-12-14-32(15-13-31)22-9-7-21(8-10-22)29-27-28-17-20-6-11-25(34)33(26(20)30-27)23-16-19-4-2-3-5-24(19)35-18-23/h2-11,17,23H,12-16,18H2,1H3,(H,28,29,30). The predicted octanol–water partition coefficient (Wildman–Crippen LogP) is 4.18. The lowest BCUT2D eigenvalue weighted by molar-refractivity contribution is 0.313. The highest BCUT2D eigenvalue weighted by atomic mass is 32.2. The average molecular weight is 485 g/mol.